The normalized spacial score (nSPS) is 16.8. The molecule has 1 atom stereocenters. The molecule has 0 radical (unpaired) electrons. The van der Waals surface area contributed by atoms with Crippen LogP contribution < -0.4 is 0 Å². The topological polar surface area (TPSA) is 63.4 Å². The molecule has 5 nitrogen and oxygen atoms in total. The minimum atomic E-state index is -0.400. The SMILES string of the molecule is Cc1cc([C@H](C(=O)N2CCCC2=C=O)C(C)C)on1. The third-order valence-electron chi connectivity index (χ3n) is 3.39. The van der Waals surface area contributed by atoms with Crippen molar-refractivity contribution in [2.75, 3.05) is 6.54 Å². The van der Waals surface area contributed by atoms with E-state index >= 15 is 0 Å². The van der Waals surface area contributed by atoms with Crippen molar-refractivity contribution in [1.82, 2.24) is 10.1 Å². The predicted octanol–water partition coefficient (Wildman–Crippen LogP) is 2.06. The molecule has 102 valence electrons. The molecule has 5 heteroatoms. The molecular weight excluding hydrogens is 244 g/mol. The van der Waals surface area contributed by atoms with Gasteiger partial charge in [-0.05, 0) is 19.3 Å². The Hall–Kier alpha value is -1.87. The van der Waals surface area contributed by atoms with E-state index in [0.717, 1.165) is 12.1 Å². The summed E-state index contributed by atoms with van der Waals surface area (Å²) in [6.07, 6.45) is 1.44. The number of amides is 1. The van der Waals surface area contributed by atoms with Gasteiger partial charge < -0.3 is 9.42 Å². The molecule has 0 aromatic carbocycles. The number of nitrogens with zero attached hydrogens (tertiary/aromatic N) is 2. The van der Waals surface area contributed by atoms with E-state index in [9.17, 15) is 9.59 Å². The third-order valence-corrected chi connectivity index (χ3v) is 3.39. The van der Waals surface area contributed by atoms with Gasteiger partial charge in [0.1, 0.15) is 23.3 Å². The van der Waals surface area contributed by atoms with E-state index in [4.69, 9.17) is 4.52 Å². The van der Waals surface area contributed by atoms with E-state index in [1.807, 2.05) is 26.7 Å². The molecule has 0 spiro atoms. The molecule has 0 N–H and O–H groups in total. The van der Waals surface area contributed by atoms with Gasteiger partial charge in [-0.2, -0.15) is 0 Å². The Balaban J connectivity index is 2.30. The minimum Gasteiger partial charge on any atom is -0.360 e. The van der Waals surface area contributed by atoms with Gasteiger partial charge >= 0.3 is 0 Å². The lowest BCUT2D eigenvalue weighted by Crippen LogP contribution is -2.34. The summed E-state index contributed by atoms with van der Waals surface area (Å²) in [5, 5.41) is 3.84. The van der Waals surface area contributed by atoms with Gasteiger partial charge in [-0.3, -0.25) is 4.79 Å². The van der Waals surface area contributed by atoms with Crippen molar-refractivity contribution in [3.63, 3.8) is 0 Å². The number of likely N-dealkylation sites (tertiary alicyclic amines) is 1. The zero-order chi connectivity index (χ0) is 14.0. The molecule has 1 saturated heterocycles. The summed E-state index contributed by atoms with van der Waals surface area (Å²) >= 11 is 0. The van der Waals surface area contributed by atoms with Crippen LogP contribution in [0, 0.1) is 12.8 Å². The summed E-state index contributed by atoms with van der Waals surface area (Å²) in [6.45, 7) is 6.32. The number of carbonyl (C=O) groups excluding carboxylic acids is 2. The molecule has 0 saturated carbocycles. The summed E-state index contributed by atoms with van der Waals surface area (Å²) in [6, 6.07) is 1.78. The average Bonchev–Trinajstić information content (AvgIpc) is 2.97. The van der Waals surface area contributed by atoms with Gasteiger partial charge in [-0.1, -0.05) is 19.0 Å². The standard InChI is InChI=1S/C14H18N2O3/c1-9(2)13(12-7-10(3)15-19-12)14(18)16-6-4-5-11(16)8-17/h7,9,13H,4-6H2,1-3H3/t13-/m1/s1. The van der Waals surface area contributed by atoms with Crippen LogP contribution in [0.1, 0.15) is 44.1 Å². The van der Waals surface area contributed by atoms with Gasteiger partial charge in [0.2, 0.25) is 5.91 Å². The van der Waals surface area contributed by atoms with Crippen LogP contribution in [0.2, 0.25) is 0 Å². The number of allylic oxidation sites excluding steroid dienone is 1. The zero-order valence-corrected chi connectivity index (χ0v) is 11.5. The Kier molecular flexibility index (Phi) is 3.86. The second-order valence-electron chi connectivity index (χ2n) is 5.23. The van der Waals surface area contributed by atoms with Crippen LogP contribution in [-0.4, -0.2) is 28.4 Å². The second kappa shape index (κ2) is 5.41. The first-order chi connectivity index (χ1) is 9.04. The molecule has 0 bridgehead atoms. The molecule has 19 heavy (non-hydrogen) atoms. The first kappa shape index (κ1) is 13.6. The molecule has 2 heterocycles. The van der Waals surface area contributed by atoms with Gasteiger partial charge in [0.05, 0.1) is 5.69 Å². The van der Waals surface area contributed by atoms with Crippen LogP contribution in [0.4, 0.5) is 0 Å². The molecule has 1 aromatic rings. The summed E-state index contributed by atoms with van der Waals surface area (Å²) in [5.41, 5.74) is 1.20. The van der Waals surface area contributed by atoms with Gasteiger partial charge in [0.25, 0.3) is 0 Å². The van der Waals surface area contributed by atoms with E-state index in [1.165, 1.54) is 4.90 Å². The fraction of sp³-hybridized carbons (Fsp3) is 0.571. The van der Waals surface area contributed by atoms with Crippen LogP contribution in [0.3, 0.4) is 0 Å². The summed E-state index contributed by atoms with van der Waals surface area (Å²) in [7, 11) is 0. The fourth-order valence-corrected chi connectivity index (χ4v) is 2.46. The first-order valence-electron chi connectivity index (χ1n) is 6.53. The van der Waals surface area contributed by atoms with Gasteiger partial charge in [0.15, 0.2) is 0 Å². The molecule has 1 amide bonds. The molecule has 0 aliphatic carbocycles. The van der Waals surface area contributed by atoms with Crippen LogP contribution in [0.25, 0.3) is 0 Å². The van der Waals surface area contributed by atoms with Gasteiger partial charge in [0, 0.05) is 19.0 Å². The summed E-state index contributed by atoms with van der Waals surface area (Å²) < 4.78 is 5.23. The summed E-state index contributed by atoms with van der Waals surface area (Å²) in [4.78, 5) is 25.0. The molecular formula is C14H18N2O3. The molecule has 0 unspecified atom stereocenters. The second-order valence-corrected chi connectivity index (χ2v) is 5.23. The largest absolute Gasteiger partial charge is 0.360 e. The molecule has 1 fully saturated rings. The zero-order valence-electron chi connectivity index (χ0n) is 11.5. The van der Waals surface area contributed by atoms with Crippen LogP contribution in [-0.2, 0) is 9.59 Å². The minimum absolute atomic E-state index is 0.0772. The van der Waals surface area contributed by atoms with E-state index < -0.39 is 5.92 Å². The highest BCUT2D eigenvalue weighted by Crippen LogP contribution is 2.31. The lowest BCUT2D eigenvalue weighted by Gasteiger charge is -2.23. The van der Waals surface area contributed by atoms with Crippen molar-refractivity contribution in [3.05, 3.63) is 23.2 Å². The number of hydrogen-bond donors (Lipinski definition) is 0. The quantitative estimate of drug-likeness (QED) is 0.782. The average molecular weight is 262 g/mol. The number of rotatable bonds is 3. The first-order valence-corrected chi connectivity index (χ1v) is 6.53. The maximum absolute atomic E-state index is 12.6. The smallest absolute Gasteiger partial charge is 0.238 e. The Morgan fingerprint density at radius 3 is 2.79 bits per heavy atom. The monoisotopic (exact) mass is 262 g/mol. The van der Waals surface area contributed by atoms with Gasteiger partial charge in [-0.25, -0.2) is 4.79 Å². The lowest BCUT2D eigenvalue weighted by atomic mass is 9.91. The van der Waals surface area contributed by atoms with E-state index in [2.05, 4.69) is 5.16 Å². The molecule has 1 aliphatic rings. The highest BCUT2D eigenvalue weighted by atomic mass is 16.5. The van der Waals surface area contributed by atoms with Crippen LogP contribution in [0.15, 0.2) is 16.3 Å². The van der Waals surface area contributed by atoms with Crippen LogP contribution >= 0.6 is 0 Å². The predicted molar refractivity (Wildman–Crippen MR) is 69.0 cm³/mol. The Morgan fingerprint density at radius 1 is 1.53 bits per heavy atom. The number of aromatic nitrogens is 1. The van der Waals surface area contributed by atoms with Crippen molar-refractivity contribution in [1.29, 1.82) is 0 Å². The van der Waals surface area contributed by atoms with Crippen molar-refractivity contribution in [2.24, 2.45) is 5.92 Å². The Labute approximate surface area is 112 Å². The van der Waals surface area contributed by atoms with Crippen molar-refractivity contribution in [2.45, 2.75) is 39.5 Å². The highest BCUT2D eigenvalue weighted by molar-refractivity contribution is 5.86. The number of hydrogen-bond acceptors (Lipinski definition) is 4. The number of carbonyl (C=O) groups is 1. The molecule has 2 rings (SSSR count). The number of aryl methyl sites for hydroxylation is 1. The van der Waals surface area contributed by atoms with Gasteiger partial charge in [-0.15, -0.1) is 0 Å². The van der Waals surface area contributed by atoms with Crippen molar-refractivity contribution in [3.8, 4) is 0 Å². The van der Waals surface area contributed by atoms with Crippen molar-refractivity contribution >= 4 is 11.8 Å². The van der Waals surface area contributed by atoms with Crippen LogP contribution in [0.5, 0.6) is 0 Å². The van der Waals surface area contributed by atoms with Crippen molar-refractivity contribution < 1.29 is 14.1 Å². The molecule has 1 aromatic heterocycles. The highest BCUT2D eigenvalue weighted by Gasteiger charge is 2.35. The maximum atomic E-state index is 12.6. The van der Waals surface area contributed by atoms with E-state index in [0.29, 0.717) is 24.4 Å². The van der Waals surface area contributed by atoms with E-state index in [1.54, 1.807) is 6.07 Å². The fourth-order valence-electron chi connectivity index (χ4n) is 2.46. The third kappa shape index (κ3) is 2.61. The maximum Gasteiger partial charge on any atom is 0.238 e. The van der Waals surface area contributed by atoms with E-state index in [-0.39, 0.29) is 11.8 Å². The summed E-state index contributed by atoms with van der Waals surface area (Å²) in [5.74, 6) is 2.02. The molecule has 1 aliphatic heterocycles. The Bertz CT molecular complexity index is 527. The Morgan fingerprint density at radius 2 is 2.26 bits per heavy atom. The lowest BCUT2D eigenvalue weighted by molar-refractivity contribution is -0.131.